The third-order valence-corrected chi connectivity index (χ3v) is 7.66. The molecule has 0 saturated heterocycles. The van der Waals surface area contributed by atoms with E-state index in [1.54, 1.807) is 42.2 Å². The van der Waals surface area contributed by atoms with Gasteiger partial charge in [0.05, 0.1) is 26.5 Å². The highest BCUT2D eigenvalue weighted by Gasteiger charge is 2.15. The number of hydrogen-bond donors (Lipinski definition) is 1. The van der Waals surface area contributed by atoms with Crippen LogP contribution in [-0.2, 0) is 15.8 Å². The van der Waals surface area contributed by atoms with Gasteiger partial charge in [0.2, 0.25) is 0 Å². The van der Waals surface area contributed by atoms with Crippen LogP contribution in [0.1, 0.15) is 5.69 Å². The highest BCUT2D eigenvalue weighted by atomic mass is 35.5. The van der Waals surface area contributed by atoms with Gasteiger partial charge in [-0.3, -0.25) is 9.71 Å². The summed E-state index contributed by atoms with van der Waals surface area (Å²) in [7, 11) is -3.68. The molecule has 0 aliphatic carbocycles. The molecular weight excluding hydrogens is 434 g/mol. The van der Waals surface area contributed by atoms with E-state index < -0.39 is 10.0 Å². The summed E-state index contributed by atoms with van der Waals surface area (Å²) in [4.78, 5) is 9.06. The molecule has 5 nitrogen and oxygen atoms in total. The van der Waals surface area contributed by atoms with Crippen LogP contribution in [0.4, 0.5) is 5.69 Å². The fourth-order valence-electron chi connectivity index (χ4n) is 2.48. The second-order valence-corrected chi connectivity index (χ2v) is 10.2. The van der Waals surface area contributed by atoms with Crippen molar-refractivity contribution in [1.29, 1.82) is 0 Å². The van der Waals surface area contributed by atoms with Gasteiger partial charge >= 0.3 is 0 Å². The highest BCUT2D eigenvalue weighted by Crippen LogP contribution is 2.33. The van der Waals surface area contributed by atoms with Gasteiger partial charge in [0.1, 0.15) is 0 Å². The Bertz CT molecular complexity index is 1210. The van der Waals surface area contributed by atoms with E-state index in [2.05, 4.69) is 14.7 Å². The lowest BCUT2D eigenvalue weighted by atomic mass is 10.3. The molecular formula is C19H14ClN3O2S3. The maximum atomic E-state index is 12.5. The molecule has 0 radical (unpaired) electrons. The molecule has 9 heteroatoms. The van der Waals surface area contributed by atoms with Crippen molar-refractivity contribution in [1.82, 2.24) is 9.97 Å². The Hall–Kier alpha value is -2.13. The van der Waals surface area contributed by atoms with E-state index >= 15 is 0 Å². The molecule has 0 aliphatic rings. The summed E-state index contributed by atoms with van der Waals surface area (Å²) in [5, 5.41) is 0.487. The number of sulfonamides is 1. The fourth-order valence-corrected chi connectivity index (χ4v) is 5.67. The molecule has 0 unspecified atom stereocenters. The predicted molar refractivity (Wildman–Crippen MR) is 116 cm³/mol. The number of fused-ring (bicyclic) bond motifs is 1. The first-order valence-electron chi connectivity index (χ1n) is 8.21. The Balaban J connectivity index is 1.52. The van der Waals surface area contributed by atoms with Crippen molar-refractivity contribution in [3.8, 4) is 0 Å². The smallest absolute Gasteiger partial charge is 0.261 e. The van der Waals surface area contributed by atoms with Gasteiger partial charge in [-0.1, -0.05) is 29.4 Å². The summed E-state index contributed by atoms with van der Waals surface area (Å²) < 4.78 is 29.5. The zero-order valence-corrected chi connectivity index (χ0v) is 17.6. The Morgan fingerprint density at radius 2 is 1.89 bits per heavy atom. The molecule has 2 aromatic carbocycles. The number of benzene rings is 2. The first kappa shape index (κ1) is 19.2. The molecule has 0 bridgehead atoms. The van der Waals surface area contributed by atoms with E-state index in [9.17, 15) is 8.42 Å². The molecule has 4 aromatic rings. The molecule has 2 aromatic heterocycles. The topological polar surface area (TPSA) is 72.0 Å². The van der Waals surface area contributed by atoms with Gasteiger partial charge in [0.25, 0.3) is 10.0 Å². The van der Waals surface area contributed by atoms with E-state index in [0.29, 0.717) is 10.7 Å². The van der Waals surface area contributed by atoms with Crippen molar-refractivity contribution >= 4 is 60.6 Å². The summed E-state index contributed by atoms with van der Waals surface area (Å²) in [5.74, 6) is 0.733. The third kappa shape index (κ3) is 4.47. The molecule has 1 N–H and O–H groups in total. The van der Waals surface area contributed by atoms with E-state index in [4.69, 9.17) is 11.6 Å². The number of pyridine rings is 1. The maximum absolute atomic E-state index is 12.5. The molecule has 28 heavy (non-hydrogen) atoms. The lowest BCUT2D eigenvalue weighted by molar-refractivity contribution is 0.601. The standard InChI is InChI=1S/C19H14ClN3O2S3/c20-13-4-7-16(8-5-13)28(24,25)23-14-6-9-17-18(11-14)27-19(22-17)26-12-15-3-1-2-10-21-15/h1-11,23H,12H2. The number of hydrogen-bond acceptors (Lipinski definition) is 6. The number of halogens is 1. The highest BCUT2D eigenvalue weighted by molar-refractivity contribution is 8.00. The molecule has 0 aliphatic heterocycles. The third-order valence-electron chi connectivity index (χ3n) is 3.81. The fraction of sp³-hybridized carbons (Fsp3) is 0.0526. The monoisotopic (exact) mass is 447 g/mol. The molecule has 2 heterocycles. The largest absolute Gasteiger partial charge is 0.280 e. The number of aromatic nitrogens is 2. The Morgan fingerprint density at radius 1 is 1.07 bits per heavy atom. The van der Waals surface area contributed by atoms with Crippen LogP contribution in [0, 0.1) is 0 Å². The van der Waals surface area contributed by atoms with Crippen molar-refractivity contribution in [2.45, 2.75) is 15.0 Å². The van der Waals surface area contributed by atoms with Crippen LogP contribution < -0.4 is 4.72 Å². The lowest BCUT2D eigenvalue weighted by Crippen LogP contribution is -2.12. The lowest BCUT2D eigenvalue weighted by Gasteiger charge is -2.08. The summed E-state index contributed by atoms with van der Waals surface area (Å²) >= 11 is 8.96. The van der Waals surface area contributed by atoms with Gasteiger partial charge in [-0.05, 0) is 54.6 Å². The van der Waals surface area contributed by atoms with Gasteiger partial charge < -0.3 is 0 Å². The average Bonchev–Trinajstić information content (AvgIpc) is 3.09. The zero-order valence-electron chi connectivity index (χ0n) is 14.4. The number of nitrogens with zero attached hydrogens (tertiary/aromatic N) is 2. The van der Waals surface area contributed by atoms with Gasteiger partial charge in [-0.2, -0.15) is 0 Å². The van der Waals surface area contributed by atoms with E-state index in [1.807, 2.05) is 24.3 Å². The van der Waals surface area contributed by atoms with Gasteiger partial charge in [-0.15, -0.1) is 11.3 Å². The van der Waals surface area contributed by atoms with E-state index in [0.717, 1.165) is 26.0 Å². The van der Waals surface area contributed by atoms with E-state index in [-0.39, 0.29) is 4.90 Å². The molecule has 0 amide bonds. The Kier molecular flexibility index (Phi) is 5.54. The first-order chi connectivity index (χ1) is 13.5. The summed E-state index contributed by atoms with van der Waals surface area (Å²) in [6.45, 7) is 0. The normalized spacial score (nSPS) is 11.6. The number of rotatable bonds is 6. The van der Waals surface area contributed by atoms with Crippen molar-refractivity contribution < 1.29 is 8.42 Å². The second-order valence-electron chi connectivity index (χ2n) is 5.83. The Labute approximate surface area is 175 Å². The number of anilines is 1. The van der Waals surface area contributed by atoms with Crippen LogP contribution in [0.2, 0.25) is 5.02 Å². The second kappa shape index (κ2) is 8.08. The molecule has 142 valence electrons. The maximum Gasteiger partial charge on any atom is 0.261 e. The van der Waals surface area contributed by atoms with Gasteiger partial charge in [0, 0.05) is 17.0 Å². The quantitative estimate of drug-likeness (QED) is 0.398. The van der Waals surface area contributed by atoms with Crippen LogP contribution in [0.15, 0.2) is 76.1 Å². The van der Waals surface area contributed by atoms with Crippen LogP contribution >= 0.6 is 34.7 Å². The number of thiazole rings is 1. The SMILES string of the molecule is O=S(=O)(Nc1ccc2nc(SCc3ccccn3)sc2c1)c1ccc(Cl)cc1. The molecule has 0 atom stereocenters. The van der Waals surface area contributed by atoms with Crippen LogP contribution in [0.3, 0.4) is 0 Å². The number of thioether (sulfide) groups is 1. The molecule has 4 rings (SSSR count). The minimum absolute atomic E-state index is 0.160. The summed E-state index contributed by atoms with van der Waals surface area (Å²) in [6, 6.07) is 17.2. The molecule has 0 saturated carbocycles. The van der Waals surface area contributed by atoms with Crippen molar-refractivity contribution in [2.24, 2.45) is 0 Å². The van der Waals surface area contributed by atoms with Crippen molar-refractivity contribution in [2.75, 3.05) is 4.72 Å². The number of nitrogens with one attached hydrogen (secondary N) is 1. The van der Waals surface area contributed by atoms with Crippen LogP contribution in [0.5, 0.6) is 0 Å². The molecule has 0 fully saturated rings. The van der Waals surface area contributed by atoms with Crippen molar-refractivity contribution in [3.63, 3.8) is 0 Å². The molecule has 0 spiro atoms. The van der Waals surface area contributed by atoms with Crippen LogP contribution in [0.25, 0.3) is 10.2 Å². The summed E-state index contributed by atoms with van der Waals surface area (Å²) in [5.41, 5.74) is 2.32. The predicted octanol–water partition coefficient (Wildman–Crippen LogP) is 5.44. The van der Waals surface area contributed by atoms with Gasteiger partial charge in [-0.25, -0.2) is 13.4 Å². The van der Waals surface area contributed by atoms with Crippen LogP contribution in [-0.4, -0.2) is 18.4 Å². The minimum atomic E-state index is -3.68. The summed E-state index contributed by atoms with van der Waals surface area (Å²) in [6.07, 6.45) is 1.77. The van der Waals surface area contributed by atoms with Crippen molar-refractivity contribution in [3.05, 3.63) is 77.6 Å². The first-order valence-corrected chi connectivity index (χ1v) is 11.9. The van der Waals surface area contributed by atoms with E-state index in [1.165, 1.54) is 23.5 Å². The minimum Gasteiger partial charge on any atom is -0.280 e. The van der Waals surface area contributed by atoms with Gasteiger partial charge in [0.15, 0.2) is 4.34 Å². The zero-order chi connectivity index (χ0) is 19.6. The average molecular weight is 448 g/mol. The Morgan fingerprint density at radius 3 is 2.64 bits per heavy atom.